The van der Waals surface area contributed by atoms with E-state index < -0.39 is 22.0 Å². The van der Waals surface area contributed by atoms with Crippen LogP contribution in [0.4, 0.5) is 9.59 Å². The van der Waals surface area contributed by atoms with Gasteiger partial charge in [-0.15, -0.1) is 0 Å². The molecule has 0 aromatic rings. The smallest absolute Gasteiger partial charge is 0.423 e. The van der Waals surface area contributed by atoms with E-state index in [4.69, 9.17) is 40.0 Å². The summed E-state index contributed by atoms with van der Waals surface area (Å²) in [4.78, 5) is 33.0. The second-order valence-corrected chi connectivity index (χ2v) is 1.08. The largest absolute Gasteiger partial charge is 0.654 e. The van der Waals surface area contributed by atoms with Crippen LogP contribution in [-0.4, -0.2) is 32.2 Å². The molecule has 11 heteroatoms. The van der Waals surface area contributed by atoms with Crippen LogP contribution >= 0.6 is 0 Å². The van der Waals surface area contributed by atoms with Crippen LogP contribution in [0, 0.1) is 20.2 Å². The molecule has 0 aliphatic rings. The van der Waals surface area contributed by atoms with Crippen molar-refractivity contribution in [1.29, 1.82) is 0 Å². The van der Waals surface area contributed by atoms with Gasteiger partial charge in [-0.1, -0.05) is 0 Å². The SMILES string of the molecule is O=C(O)[N+](=O)[O-].O=C(O)[N+](=O)[O-].[Pd]. The molecule has 0 fully saturated rings. The zero-order valence-corrected chi connectivity index (χ0v) is 7.11. The Balaban J connectivity index is -0.000000143. The molecule has 0 rings (SSSR count). The summed E-state index contributed by atoms with van der Waals surface area (Å²) >= 11 is 0. The van der Waals surface area contributed by atoms with Gasteiger partial charge in [0.2, 0.25) is 0 Å². The molecular weight excluding hydrogens is 286 g/mol. The van der Waals surface area contributed by atoms with Crippen molar-refractivity contribution >= 4 is 12.2 Å². The minimum Gasteiger partial charge on any atom is -0.423 e. The first-order chi connectivity index (χ1) is 5.29. The molecule has 13 heavy (non-hydrogen) atoms. The molecule has 0 aromatic heterocycles. The molecule has 0 saturated heterocycles. The molecule has 78 valence electrons. The Hall–Kier alpha value is -1.60. The number of rotatable bonds is 0. The molecule has 2 amide bonds. The number of hydrogen-bond donors (Lipinski definition) is 2. The number of carbonyl (C=O) groups is 2. The van der Waals surface area contributed by atoms with Gasteiger partial charge in [-0.2, -0.15) is 9.59 Å². The van der Waals surface area contributed by atoms with Crippen LogP contribution < -0.4 is 0 Å². The first kappa shape index (κ1) is 17.5. The predicted molar refractivity (Wildman–Crippen MR) is 30.0 cm³/mol. The van der Waals surface area contributed by atoms with E-state index in [1.54, 1.807) is 0 Å². The third-order valence-corrected chi connectivity index (χ3v) is 0.312. The quantitative estimate of drug-likeness (QED) is 0.354. The zero-order chi connectivity index (χ0) is 10.3. The Labute approximate surface area is 83.1 Å². The van der Waals surface area contributed by atoms with Crippen LogP contribution in [-0.2, 0) is 20.4 Å². The summed E-state index contributed by atoms with van der Waals surface area (Å²) in [6, 6.07) is 0. The van der Waals surface area contributed by atoms with Crippen molar-refractivity contribution in [2.45, 2.75) is 0 Å². The number of hydrogen-bond acceptors (Lipinski definition) is 6. The minimum absolute atomic E-state index is 0. The molecule has 2 N–H and O–H groups in total. The molecule has 0 spiro atoms. The zero-order valence-electron chi connectivity index (χ0n) is 5.55. The summed E-state index contributed by atoms with van der Waals surface area (Å²) < 4.78 is 0. The summed E-state index contributed by atoms with van der Waals surface area (Å²) in [6.07, 6.45) is -4.04. The number of nitro groups is 2. The third kappa shape index (κ3) is 17.9. The van der Waals surface area contributed by atoms with E-state index in [1.165, 1.54) is 0 Å². The maximum atomic E-state index is 9.00. The normalized spacial score (nSPS) is 6.77. The van der Waals surface area contributed by atoms with Crippen molar-refractivity contribution in [3.05, 3.63) is 20.2 Å². The van der Waals surface area contributed by atoms with E-state index in [1.807, 2.05) is 0 Å². The minimum atomic E-state index is -2.02. The average Bonchev–Trinajstić information content (AvgIpc) is 1.88. The second kappa shape index (κ2) is 8.50. The van der Waals surface area contributed by atoms with Crippen molar-refractivity contribution in [3.8, 4) is 0 Å². The van der Waals surface area contributed by atoms with Gasteiger partial charge >= 0.3 is 12.2 Å². The molecule has 0 aromatic carbocycles. The molecule has 0 heterocycles. The van der Waals surface area contributed by atoms with Gasteiger partial charge in [0.1, 0.15) is 9.85 Å². The van der Waals surface area contributed by atoms with Gasteiger partial charge in [0.15, 0.2) is 0 Å². The number of carboxylic acid groups (broad SMARTS) is 2. The van der Waals surface area contributed by atoms with Crippen molar-refractivity contribution in [3.63, 3.8) is 0 Å². The van der Waals surface area contributed by atoms with Crippen molar-refractivity contribution in [1.82, 2.24) is 0 Å². The first-order valence-electron chi connectivity index (χ1n) is 2.03. The average molecular weight is 288 g/mol. The van der Waals surface area contributed by atoms with Crippen LogP contribution in [0.25, 0.3) is 0 Å². The third-order valence-electron chi connectivity index (χ3n) is 0.312. The van der Waals surface area contributed by atoms with E-state index >= 15 is 0 Å². The summed E-state index contributed by atoms with van der Waals surface area (Å²) in [7, 11) is 0. The Kier molecular flexibility index (Phi) is 11.4. The second-order valence-electron chi connectivity index (χ2n) is 1.08. The number of amides is 2. The molecule has 10 nitrogen and oxygen atoms in total. The van der Waals surface area contributed by atoms with Crippen LogP contribution in [0.1, 0.15) is 0 Å². The Morgan fingerprint density at radius 2 is 1.00 bits per heavy atom. The predicted octanol–water partition coefficient (Wildman–Crippen LogP) is -0.120. The summed E-state index contributed by atoms with van der Waals surface area (Å²) in [5.74, 6) is 0. The van der Waals surface area contributed by atoms with Crippen LogP contribution in [0.5, 0.6) is 0 Å². The standard InChI is InChI=1S/2CHNO4.Pd/c2*3-1(4)2(5)6;/h2*(H,3,4);. The van der Waals surface area contributed by atoms with Crippen LogP contribution in [0.2, 0.25) is 0 Å². The van der Waals surface area contributed by atoms with Gasteiger partial charge < -0.3 is 10.2 Å². The van der Waals surface area contributed by atoms with Gasteiger partial charge in [0.25, 0.3) is 0 Å². The fourth-order valence-electron chi connectivity index (χ4n) is 0. The van der Waals surface area contributed by atoms with Crippen LogP contribution in [0.3, 0.4) is 0 Å². The van der Waals surface area contributed by atoms with Gasteiger partial charge in [-0.25, -0.2) is 0 Å². The van der Waals surface area contributed by atoms with Crippen molar-refractivity contribution in [2.75, 3.05) is 0 Å². The first-order valence-corrected chi connectivity index (χ1v) is 2.03. The maximum absolute atomic E-state index is 9.00. The molecular formula is C2H2N2O8Pd. The summed E-state index contributed by atoms with van der Waals surface area (Å²) in [5, 5.41) is 32.4. The molecule has 0 radical (unpaired) electrons. The summed E-state index contributed by atoms with van der Waals surface area (Å²) in [6.45, 7) is 0. The Morgan fingerprint density at radius 1 is 0.923 bits per heavy atom. The molecule has 0 aliphatic carbocycles. The molecule has 0 aliphatic heterocycles. The van der Waals surface area contributed by atoms with Crippen molar-refractivity contribution in [2.24, 2.45) is 0 Å². The van der Waals surface area contributed by atoms with Gasteiger partial charge in [-0.3, -0.25) is 20.2 Å². The molecule has 0 bridgehead atoms. The topological polar surface area (TPSA) is 161 Å². The molecule has 0 saturated carbocycles. The van der Waals surface area contributed by atoms with Crippen molar-refractivity contribution < 1.29 is 50.1 Å². The molecule has 0 atom stereocenters. The van der Waals surface area contributed by atoms with E-state index in [9.17, 15) is 0 Å². The van der Waals surface area contributed by atoms with Gasteiger partial charge in [-0.05, 0) is 0 Å². The maximum Gasteiger partial charge on any atom is 0.654 e. The fraction of sp³-hybridized carbons (Fsp3) is 0. The number of nitrogens with zero attached hydrogens (tertiary/aromatic N) is 2. The van der Waals surface area contributed by atoms with Gasteiger partial charge in [0, 0.05) is 20.4 Å². The Bertz CT molecular complexity index is 176. The van der Waals surface area contributed by atoms with Crippen LogP contribution in [0.15, 0.2) is 0 Å². The van der Waals surface area contributed by atoms with E-state index in [2.05, 4.69) is 0 Å². The van der Waals surface area contributed by atoms with E-state index in [0.29, 0.717) is 0 Å². The monoisotopic (exact) mass is 288 g/mol. The fourth-order valence-corrected chi connectivity index (χ4v) is 0. The summed E-state index contributed by atoms with van der Waals surface area (Å²) in [5.41, 5.74) is 0. The van der Waals surface area contributed by atoms with E-state index in [-0.39, 0.29) is 20.4 Å². The molecule has 0 unspecified atom stereocenters. The van der Waals surface area contributed by atoms with E-state index in [0.717, 1.165) is 0 Å². The van der Waals surface area contributed by atoms with Gasteiger partial charge in [0.05, 0.1) is 0 Å². The Morgan fingerprint density at radius 3 is 1.00 bits per heavy atom.